The summed E-state index contributed by atoms with van der Waals surface area (Å²) < 4.78 is 13.2. The molecule has 7 nitrogen and oxygen atoms in total. The van der Waals surface area contributed by atoms with Crippen LogP contribution in [0.5, 0.6) is 0 Å². The minimum atomic E-state index is -0.896. The van der Waals surface area contributed by atoms with Crippen molar-refractivity contribution < 1.29 is 18.9 Å². The number of carbonyl (C=O) groups is 2. The zero-order valence-corrected chi connectivity index (χ0v) is 11.9. The second-order valence-electron chi connectivity index (χ2n) is 5.06. The summed E-state index contributed by atoms with van der Waals surface area (Å²) in [7, 11) is 1.46. The maximum absolute atomic E-state index is 13.2. The van der Waals surface area contributed by atoms with Gasteiger partial charge in [0.25, 0.3) is 11.6 Å². The molecule has 1 aromatic carbocycles. The summed E-state index contributed by atoms with van der Waals surface area (Å²) in [5.41, 5.74) is -1.77. The Morgan fingerprint density at radius 3 is 2.52 bits per heavy atom. The number of carbonyl (C=O) groups excluding carboxylic acids is 2. The van der Waals surface area contributed by atoms with Crippen molar-refractivity contribution in [3.63, 3.8) is 0 Å². The lowest BCUT2D eigenvalue weighted by Gasteiger charge is -2.22. The molecule has 0 aliphatic carbocycles. The van der Waals surface area contributed by atoms with Crippen molar-refractivity contribution in [3.05, 3.63) is 39.7 Å². The number of rotatable bonds is 5. The quantitative estimate of drug-likeness (QED) is 0.630. The first-order valence-corrected chi connectivity index (χ1v) is 6.13. The number of hydrogen-bond acceptors (Lipinski definition) is 4. The Bertz CT molecular complexity index is 587. The highest BCUT2D eigenvalue weighted by Crippen LogP contribution is 2.20. The molecule has 0 aliphatic rings. The van der Waals surface area contributed by atoms with Crippen LogP contribution in [0.1, 0.15) is 24.2 Å². The van der Waals surface area contributed by atoms with Gasteiger partial charge in [-0.15, -0.1) is 0 Å². The third-order valence-corrected chi connectivity index (χ3v) is 2.93. The maximum Gasteiger partial charge on any atom is 0.282 e. The van der Waals surface area contributed by atoms with Gasteiger partial charge in [-0.2, -0.15) is 0 Å². The lowest BCUT2D eigenvalue weighted by Crippen LogP contribution is -2.43. The molecule has 114 valence electrons. The van der Waals surface area contributed by atoms with E-state index in [2.05, 4.69) is 10.6 Å². The van der Waals surface area contributed by atoms with Crippen LogP contribution in [-0.2, 0) is 4.79 Å². The molecule has 0 heterocycles. The van der Waals surface area contributed by atoms with E-state index in [1.807, 2.05) is 0 Å². The second kappa shape index (κ2) is 6.29. The van der Waals surface area contributed by atoms with Gasteiger partial charge in [0, 0.05) is 19.7 Å². The first-order valence-electron chi connectivity index (χ1n) is 6.13. The summed E-state index contributed by atoms with van der Waals surface area (Å²) in [4.78, 5) is 33.6. The SMILES string of the molecule is CNC(=O)C(C)(C)CNC(=O)c1cc(F)ccc1[N+](=O)[O-]. The van der Waals surface area contributed by atoms with Crippen molar-refractivity contribution >= 4 is 17.5 Å². The van der Waals surface area contributed by atoms with Crippen molar-refractivity contribution in [3.8, 4) is 0 Å². The van der Waals surface area contributed by atoms with E-state index in [1.54, 1.807) is 13.8 Å². The van der Waals surface area contributed by atoms with Crippen molar-refractivity contribution in [2.45, 2.75) is 13.8 Å². The molecule has 0 aliphatic heterocycles. The third kappa shape index (κ3) is 3.98. The summed E-state index contributed by atoms with van der Waals surface area (Å²) in [6, 6.07) is 2.62. The molecule has 0 unspecified atom stereocenters. The van der Waals surface area contributed by atoms with Crippen LogP contribution in [0.2, 0.25) is 0 Å². The molecule has 0 fully saturated rings. The molecule has 0 atom stereocenters. The molecule has 0 bridgehead atoms. The number of nitro groups is 1. The number of nitro benzene ring substituents is 1. The van der Waals surface area contributed by atoms with Gasteiger partial charge in [-0.05, 0) is 26.0 Å². The molecule has 1 aromatic rings. The number of benzene rings is 1. The Labute approximate surface area is 120 Å². The zero-order chi connectivity index (χ0) is 16.2. The molecular weight excluding hydrogens is 281 g/mol. The van der Waals surface area contributed by atoms with Crippen molar-refractivity contribution in [2.75, 3.05) is 13.6 Å². The number of nitrogens with zero attached hydrogens (tertiary/aromatic N) is 1. The van der Waals surface area contributed by atoms with Crippen LogP contribution in [0.15, 0.2) is 18.2 Å². The molecule has 0 radical (unpaired) electrons. The van der Waals surface area contributed by atoms with E-state index in [4.69, 9.17) is 0 Å². The van der Waals surface area contributed by atoms with E-state index in [1.165, 1.54) is 7.05 Å². The Morgan fingerprint density at radius 2 is 2.00 bits per heavy atom. The average molecular weight is 297 g/mol. The van der Waals surface area contributed by atoms with Gasteiger partial charge in [-0.1, -0.05) is 0 Å². The van der Waals surface area contributed by atoms with Gasteiger partial charge in [0.1, 0.15) is 11.4 Å². The highest BCUT2D eigenvalue weighted by molar-refractivity contribution is 5.98. The minimum Gasteiger partial charge on any atom is -0.359 e. The highest BCUT2D eigenvalue weighted by Gasteiger charge is 2.28. The smallest absolute Gasteiger partial charge is 0.282 e. The molecule has 0 saturated heterocycles. The van der Waals surface area contributed by atoms with Crippen LogP contribution in [0.25, 0.3) is 0 Å². The fourth-order valence-electron chi connectivity index (χ4n) is 1.66. The van der Waals surface area contributed by atoms with Crippen LogP contribution in [0.4, 0.5) is 10.1 Å². The molecule has 0 spiro atoms. The zero-order valence-electron chi connectivity index (χ0n) is 11.9. The number of halogens is 1. The van der Waals surface area contributed by atoms with E-state index >= 15 is 0 Å². The Hall–Kier alpha value is -2.51. The minimum absolute atomic E-state index is 0.0425. The fourth-order valence-corrected chi connectivity index (χ4v) is 1.66. The van der Waals surface area contributed by atoms with E-state index < -0.39 is 27.8 Å². The van der Waals surface area contributed by atoms with Crippen LogP contribution < -0.4 is 10.6 Å². The molecule has 2 amide bonds. The predicted molar refractivity (Wildman–Crippen MR) is 73.2 cm³/mol. The highest BCUT2D eigenvalue weighted by atomic mass is 19.1. The third-order valence-electron chi connectivity index (χ3n) is 2.93. The van der Waals surface area contributed by atoms with E-state index in [-0.39, 0.29) is 18.0 Å². The van der Waals surface area contributed by atoms with Crippen molar-refractivity contribution in [2.24, 2.45) is 5.41 Å². The predicted octanol–water partition coefficient (Wildman–Crippen LogP) is 1.24. The number of hydrogen-bond donors (Lipinski definition) is 2. The lowest BCUT2D eigenvalue weighted by atomic mass is 9.92. The van der Waals surface area contributed by atoms with E-state index in [0.29, 0.717) is 0 Å². The van der Waals surface area contributed by atoms with Crippen molar-refractivity contribution in [1.29, 1.82) is 0 Å². The van der Waals surface area contributed by atoms with Gasteiger partial charge >= 0.3 is 0 Å². The van der Waals surface area contributed by atoms with Crippen LogP contribution in [-0.4, -0.2) is 30.3 Å². The first-order chi connectivity index (χ1) is 9.69. The van der Waals surface area contributed by atoms with Gasteiger partial charge in [0.15, 0.2) is 0 Å². The van der Waals surface area contributed by atoms with Gasteiger partial charge in [-0.25, -0.2) is 4.39 Å². The Kier molecular flexibility index (Phi) is 4.96. The summed E-state index contributed by atoms with van der Waals surface area (Å²) in [6.07, 6.45) is 0. The van der Waals surface area contributed by atoms with Gasteiger partial charge < -0.3 is 10.6 Å². The normalized spacial score (nSPS) is 10.9. The standard InChI is InChI=1S/C13H16FN3O4/c1-13(2,12(19)15-3)7-16-11(18)9-6-8(14)4-5-10(9)17(20)21/h4-6H,7H2,1-3H3,(H,15,19)(H,16,18). The summed E-state index contributed by atoms with van der Waals surface area (Å²) >= 11 is 0. The number of nitrogens with one attached hydrogen (secondary N) is 2. The van der Waals surface area contributed by atoms with Gasteiger partial charge in [-0.3, -0.25) is 19.7 Å². The van der Waals surface area contributed by atoms with Gasteiger partial charge in [0.05, 0.1) is 10.3 Å². The van der Waals surface area contributed by atoms with E-state index in [0.717, 1.165) is 18.2 Å². The van der Waals surface area contributed by atoms with Crippen LogP contribution in [0.3, 0.4) is 0 Å². The summed E-state index contributed by atoms with van der Waals surface area (Å²) in [6.45, 7) is 3.16. The number of amides is 2. The average Bonchev–Trinajstić information content (AvgIpc) is 2.43. The molecular formula is C13H16FN3O4. The van der Waals surface area contributed by atoms with Crippen LogP contribution in [0, 0.1) is 21.3 Å². The molecule has 2 N–H and O–H groups in total. The molecule has 0 saturated carbocycles. The summed E-state index contributed by atoms with van der Waals surface area (Å²) in [5, 5.41) is 15.7. The van der Waals surface area contributed by atoms with Gasteiger partial charge in [0.2, 0.25) is 5.91 Å². The second-order valence-corrected chi connectivity index (χ2v) is 5.06. The topological polar surface area (TPSA) is 101 Å². The fraction of sp³-hybridized carbons (Fsp3) is 0.385. The monoisotopic (exact) mass is 297 g/mol. The largest absolute Gasteiger partial charge is 0.359 e. The molecule has 1 rings (SSSR count). The van der Waals surface area contributed by atoms with Crippen LogP contribution >= 0.6 is 0 Å². The molecule has 8 heteroatoms. The van der Waals surface area contributed by atoms with Crippen molar-refractivity contribution in [1.82, 2.24) is 10.6 Å². The summed E-state index contributed by atoms with van der Waals surface area (Å²) in [5.74, 6) is -1.86. The molecule has 0 aromatic heterocycles. The van der Waals surface area contributed by atoms with E-state index in [9.17, 15) is 24.1 Å². The lowest BCUT2D eigenvalue weighted by molar-refractivity contribution is -0.385. The molecule has 21 heavy (non-hydrogen) atoms. The maximum atomic E-state index is 13.2. The Balaban J connectivity index is 2.93. The Morgan fingerprint density at radius 1 is 1.38 bits per heavy atom. The first kappa shape index (κ1) is 16.5.